The standard InChI is InChI=1S/C49H78N2O13/c1-28-19-29(2)21-41(61-8)45-42(62-9)23-31(4)49(6,64-45)46(57)47(58)51-18-11-10-14-36(51)48(59)63-44(30(3)22-33-16-17-37(53)40(24-33)60-7)32(5)38(54)25-39(55)34(20-28)13-12-15-43(56)50-26-35(52)27-50/h20,22,29,31-38,40-42,44-45,52-54H,10-19,21,23-27H2,1-9H3/b28-20+,30-22+/t29-,31+,32+,33-,34+,36-,37+,38-,40+,41-,42-,44+,45+,49+/m0/s1. The second kappa shape index (κ2) is 23.1. The molecule has 0 aromatic rings. The van der Waals surface area contributed by atoms with E-state index in [4.69, 9.17) is 23.7 Å². The van der Waals surface area contributed by atoms with Crippen LogP contribution in [0, 0.1) is 29.6 Å². The Morgan fingerprint density at radius 2 is 1.56 bits per heavy atom. The minimum atomic E-state index is -1.55. The monoisotopic (exact) mass is 903 g/mol. The van der Waals surface area contributed by atoms with Gasteiger partial charge in [0, 0.05) is 65.6 Å². The predicted octanol–water partition coefficient (Wildman–Crippen LogP) is 4.51. The van der Waals surface area contributed by atoms with Crippen LogP contribution >= 0.6 is 0 Å². The Kier molecular flexibility index (Phi) is 18.7. The second-order valence-corrected chi connectivity index (χ2v) is 20.0. The Hall–Kier alpha value is -3.05. The van der Waals surface area contributed by atoms with Gasteiger partial charge < -0.3 is 48.8 Å². The summed E-state index contributed by atoms with van der Waals surface area (Å²) >= 11 is 0. The number of likely N-dealkylation sites (tertiary alicyclic amines) is 1. The molecule has 3 saturated heterocycles. The van der Waals surface area contributed by atoms with Crippen molar-refractivity contribution in [3.8, 4) is 0 Å². The van der Waals surface area contributed by atoms with E-state index in [1.807, 2.05) is 32.9 Å². The first-order valence-electron chi connectivity index (χ1n) is 23.8. The van der Waals surface area contributed by atoms with Gasteiger partial charge in [-0.2, -0.15) is 0 Å². The number of carbonyl (C=O) groups excluding carboxylic acids is 5. The molecule has 15 nitrogen and oxygen atoms in total. The summed E-state index contributed by atoms with van der Waals surface area (Å²) in [4.78, 5) is 73.7. The van der Waals surface area contributed by atoms with E-state index in [2.05, 4.69) is 6.92 Å². The van der Waals surface area contributed by atoms with Crippen LogP contribution in [0.2, 0.25) is 0 Å². The Labute approximate surface area is 380 Å². The lowest BCUT2D eigenvalue weighted by molar-refractivity contribution is -0.229. The fourth-order valence-corrected chi connectivity index (χ4v) is 10.8. The third-order valence-corrected chi connectivity index (χ3v) is 15.0. The number of allylic oxidation sites excluding steroid dienone is 3. The average Bonchev–Trinajstić information content (AvgIpc) is 3.25. The lowest BCUT2D eigenvalue weighted by Gasteiger charge is -2.48. The molecule has 0 spiro atoms. The highest BCUT2D eigenvalue weighted by Gasteiger charge is 2.54. The third-order valence-electron chi connectivity index (χ3n) is 15.0. The van der Waals surface area contributed by atoms with Gasteiger partial charge in [-0.15, -0.1) is 0 Å². The summed E-state index contributed by atoms with van der Waals surface area (Å²) in [5, 5.41) is 32.2. The van der Waals surface area contributed by atoms with E-state index in [0.29, 0.717) is 82.9 Å². The first kappa shape index (κ1) is 51.9. The maximum Gasteiger partial charge on any atom is 0.329 e. The molecule has 0 unspecified atom stereocenters. The van der Waals surface area contributed by atoms with Crippen LogP contribution in [0.1, 0.15) is 125 Å². The molecule has 3 N–H and O–H groups in total. The number of β-amino-alcohol motifs (C(OH)–C–C–N with tert-alkyl or cyclic N) is 1. The van der Waals surface area contributed by atoms with E-state index in [-0.39, 0.29) is 55.4 Å². The van der Waals surface area contributed by atoms with Crippen molar-refractivity contribution in [3.63, 3.8) is 0 Å². The van der Waals surface area contributed by atoms with Gasteiger partial charge in [-0.1, -0.05) is 38.5 Å². The van der Waals surface area contributed by atoms with Gasteiger partial charge in [0.15, 0.2) is 0 Å². The highest BCUT2D eigenvalue weighted by Crippen LogP contribution is 2.40. The predicted molar refractivity (Wildman–Crippen MR) is 238 cm³/mol. The van der Waals surface area contributed by atoms with Crippen LogP contribution in [0.25, 0.3) is 0 Å². The average molecular weight is 903 g/mol. The van der Waals surface area contributed by atoms with Gasteiger partial charge in [0.05, 0.1) is 36.6 Å². The molecular weight excluding hydrogens is 825 g/mol. The zero-order chi connectivity index (χ0) is 47.0. The fourth-order valence-electron chi connectivity index (χ4n) is 10.8. The highest BCUT2D eigenvalue weighted by molar-refractivity contribution is 6.39. The number of hydrogen-bond acceptors (Lipinski definition) is 13. The van der Waals surface area contributed by atoms with E-state index >= 15 is 0 Å². The SMILES string of the molecule is CO[C@H]1C[C@@H](C)C/C(C)=C/[C@@H](CCCC(=O)N2CC(O)C2)C(=O)C[C@H](O)[C@@H](C)[C@@H](/C(C)=C/[C@@H]2CC[C@@H](O)[C@H](OC)C2)OC(=O)[C@@H]2CCCCN2C(=O)C(=O)[C@]2(C)O[C@H]1[C@@H](OC)C[C@H]2C. The van der Waals surface area contributed by atoms with Gasteiger partial charge in [0.25, 0.3) is 11.7 Å². The number of amides is 2. The van der Waals surface area contributed by atoms with Crippen LogP contribution in [0.3, 0.4) is 0 Å². The van der Waals surface area contributed by atoms with Crippen LogP contribution in [0.5, 0.6) is 0 Å². The van der Waals surface area contributed by atoms with Crippen LogP contribution in [-0.4, -0.2) is 156 Å². The van der Waals surface area contributed by atoms with Gasteiger partial charge >= 0.3 is 5.97 Å². The number of aliphatic hydroxyl groups is 3. The van der Waals surface area contributed by atoms with Gasteiger partial charge in [0.1, 0.15) is 29.6 Å². The highest BCUT2D eigenvalue weighted by atomic mass is 16.6. The molecule has 0 aromatic carbocycles. The number of aliphatic hydroxyl groups excluding tert-OH is 3. The normalized spacial score (nSPS) is 39.2. The zero-order valence-corrected chi connectivity index (χ0v) is 39.9. The molecule has 4 fully saturated rings. The number of Topliss-reactive ketones (excluding diaryl/α,β-unsaturated/α-hetero) is 2. The smallest absolute Gasteiger partial charge is 0.329 e. The summed E-state index contributed by atoms with van der Waals surface area (Å²) in [5.74, 6) is -4.32. The molecule has 362 valence electrons. The Morgan fingerprint density at radius 1 is 0.891 bits per heavy atom. The van der Waals surface area contributed by atoms with Crippen molar-refractivity contribution in [2.75, 3.05) is 41.0 Å². The second-order valence-electron chi connectivity index (χ2n) is 20.0. The lowest BCUT2D eigenvalue weighted by atomic mass is 9.76. The van der Waals surface area contributed by atoms with E-state index in [1.165, 1.54) is 4.90 Å². The number of esters is 1. The minimum Gasteiger partial charge on any atom is -0.456 e. The van der Waals surface area contributed by atoms with E-state index in [0.717, 1.165) is 5.57 Å². The number of nitrogens with zero attached hydrogens (tertiary/aromatic N) is 2. The van der Waals surface area contributed by atoms with Gasteiger partial charge in [-0.3, -0.25) is 19.2 Å². The quantitative estimate of drug-likeness (QED) is 0.166. The third kappa shape index (κ3) is 12.5. The molecule has 4 aliphatic heterocycles. The number of fused-ring (bicyclic) bond motifs is 3. The van der Waals surface area contributed by atoms with Gasteiger partial charge in [-0.25, -0.2) is 4.79 Å². The van der Waals surface area contributed by atoms with Crippen molar-refractivity contribution in [2.45, 2.75) is 185 Å². The number of cyclic esters (lactones) is 1. The number of hydrogen-bond donors (Lipinski definition) is 3. The van der Waals surface area contributed by atoms with Crippen molar-refractivity contribution >= 4 is 29.4 Å². The van der Waals surface area contributed by atoms with Gasteiger partial charge in [-0.05, 0) is 115 Å². The molecule has 1 aliphatic carbocycles. The molecule has 15 heteroatoms. The fraction of sp³-hybridized carbons (Fsp3) is 0.816. The summed E-state index contributed by atoms with van der Waals surface area (Å²) in [7, 11) is 4.75. The molecule has 0 radical (unpaired) electrons. The Balaban J connectivity index is 1.52. The Bertz CT molecular complexity index is 1700. The van der Waals surface area contributed by atoms with Crippen molar-refractivity contribution in [2.24, 2.45) is 29.6 Å². The van der Waals surface area contributed by atoms with Crippen molar-refractivity contribution in [3.05, 3.63) is 23.3 Å². The molecule has 0 aromatic heterocycles. The van der Waals surface area contributed by atoms with E-state index < -0.39 is 89.8 Å². The van der Waals surface area contributed by atoms with Crippen LogP contribution in [-0.2, 0) is 47.7 Å². The summed E-state index contributed by atoms with van der Waals surface area (Å²) in [6.45, 7) is 11.9. The molecule has 5 aliphatic rings. The molecule has 2 bridgehead atoms. The molecular formula is C49H78N2O13. The number of piperidine rings is 1. The van der Waals surface area contributed by atoms with E-state index in [1.54, 1.807) is 40.1 Å². The molecule has 64 heavy (non-hydrogen) atoms. The minimum absolute atomic E-state index is 0.0202. The van der Waals surface area contributed by atoms with Crippen LogP contribution in [0.4, 0.5) is 0 Å². The maximum absolute atomic E-state index is 14.6. The molecule has 2 amide bonds. The summed E-state index contributed by atoms with van der Waals surface area (Å²) in [5.41, 5.74) is 0.0640. The summed E-state index contributed by atoms with van der Waals surface area (Å²) < 4.78 is 30.7. The molecule has 5 rings (SSSR count). The van der Waals surface area contributed by atoms with Crippen LogP contribution in [0.15, 0.2) is 23.3 Å². The molecule has 14 atom stereocenters. The summed E-state index contributed by atoms with van der Waals surface area (Å²) in [6, 6.07) is -1.07. The van der Waals surface area contributed by atoms with Crippen LogP contribution < -0.4 is 0 Å². The molecule has 4 heterocycles. The Morgan fingerprint density at radius 3 is 2.22 bits per heavy atom. The lowest BCUT2D eigenvalue weighted by Crippen LogP contribution is -2.63. The number of ether oxygens (including phenoxy) is 5. The number of rotatable bonds is 9. The largest absolute Gasteiger partial charge is 0.456 e. The molecule has 1 saturated carbocycles. The van der Waals surface area contributed by atoms with Gasteiger partial charge in [0.2, 0.25) is 5.91 Å². The number of methoxy groups -OCH3 is 3. The number of carbonyl (C=O) groups is 5. The zero-order valence-electron chi connectivity index (χ0n) is 39.9. The van der Waals surface area contributed by atoms with E-state index in [9.17, 15) is 39.3 Å². The number of ketones is 2. The first-order valence-corrected chi connectivity index (χ1v) is 23.8. The topological polar surface area (TPSA) is 199 Å². The first-order chi connectivity index (χ1) is 30.3. The summed E-state index contributed by atoms with van der Waals surface area (Å²) in [6.07, 6.45) is 4.18. The van der Waals surface area contributed by atoms with Crippen molar-refractivity contribution < 1.29 is 63.0 Å². The van der Waals surface area contributed by atoms with Crippen molar-refractivity contribution in [1.29, 1.82) is 0 Å². The van der Waals surface area contributed by atoms with Crippen molar-refractivity contribution in [1.82, 2.24) is 9.80 Å². The maximum atomic E-state index is 14.6.